The highest BCUT2D eigenvalue weighted by Gasteiger charge is 2.42. The average molecular weight is 426 g/mol. The van der Waals surface area contributed by atoms with Crippen molar-refractivity contribution in [2.24, 2.45) is 5.92 Å². The number of carbonyl (C=O) groups is 1. The molecule has 0 spiro atoms. The van der Waals surface area contributed by atoms with Crippen LogP contribution >= 0.6 is 0 Å². The molecule has 0 amide bonds. The number of aryl methyl sites for hydroxylation is 1. The Balaban J connectivity index is 1.70. The number of benzene rings is 1. The summed E-state index contributed by atoms with van der Waals surface area (Å²) in [5, 5.41) is 8.78. The minimum absolute atomic E-state index is 0.0942. The second-order valence-electron chi connectivity index (χ2n) is 8.43. The van der Waals surface area contributed by atoms with E-state index in [1.54, 1.807) is 6.20 Å². The zero-order valence-electron chi connectivity index (χ0n) is 18.4. The van der Waals surface area contributed by atoms with Crippen molar-refractivity contribution in [2.75, 3.05) is 6.61 Å². The Kier molecular flexibility index (Phi) is 7.82. The predicted molar refractivity (Wildman–Crippen MR) is 118 cm³/mol. The van der Waals surface area contributed by atoms with Crippen molar-refractivity contribution in [3.05, 3.63) is 72.1 Å². The minimum Gasteiger partial charge on any atom is -0.483 e. The van der Waals surface area contributed by atoms with Crippen molar-refractivity contribution >= 4 is 5.97 Å². The lowest BCUT2D eigenvalue weighted by molar-refractivity contribution is -0.288. The molecule has 1 aromatic heterocycles. The average Bonchev–Trinajstić information content (AvgIpc) is 2.75. The Morgan fingerprint density at radius 1 is 1.26 bits per heavy atom. The number of nitrogens with zero attached hydrogens (tertiary/aromatic N) is 1. The van der Waals surface area contributed by atoms with Gasteiger partial charge in [0.1, 0.15) is 5.75 Å². The van der Waals surface area contributed by atoms with Crippen LogP contribution < -0.4 is 4.74 Å². The van der Waals surface area contributed by atoms with E-state index in [1.165, 1.54) is 5.56 Å². The molecule has 1 fully saturated rings. The number of aromatic nitrogens is 1. The topological polar surface area (TPSA) is 77.9 Å². The van der Waals surface area contributed by atoms with Crippen molar-refractivity contribution in [1.82, 2.24) is 4.98 Å². The lowest BCUT2D eigenvalue weighted by Crippen LogP contribution is -2.50. The second kappa shape index (κ2) is 10.6. The molecule has 3 unspecified atom stereocenters. The van der Waals surface area contributed by atoms with Crippen LogP contribution in [-0.4, -0.2) is 34.6 Å². The fourth-order valence-electron chi connectivity index (χ4n) is 3.59. The molecule has 3 rings (SSSR count). The first-order valence-corrected chi connectivity index (χ1v) is 10.6. The molecule has 1 aliphatic rings. The van der Waals surface area contributed by atoms with Crippen molar-refractivity contribution < 1.29 is 24.1 Å². The maximum Gasteiger partial charge on any atom is 0.303 e. The number of ether oxygens (including phenoxy) is 3. The van der Waals surface area contributed by atoms with Crippen LogP contribution in [-0.2, 0) is 14.3 Å². The van der Waals surface area contributed by atoms with E-state index in [0.717, 1.165) is 17.7 Å². The van der Waals surface area contributed by atoms with Crippen molar-refractivity contribution in [3.63, 3.8) is 0 Å². The van der Waals surface area contributed by atoms with Crippen molar-refractivity contribution in [3.8, 4) is 5.75 Å². The lowest BCUT2D eigenvalue weighted by Gasteiger charge is -2.42. The molecule has 0 aliphatic carbocycles. The number of rotatable bonds is 9. The van der Waals surface area contributed by atoms with Gasteiger partial charge >= 0.3 is 5.97 Å². The molecule has 2 aromatic rings. The maximum absolute atomic E-state index is 10.7. The third-order valence-electron chi connectivity index (χ3n) is 5.27. The molecule has 1 aromatic carbocycles. The van der Waals surface area contributed by atoms with Gasteiger partial charge in [-0.2, -0.15) is 0 Å². The number of carboxylic acid groups (broad SMARTS) is 1. The summed E-state index contributed by atoms with van der Waals surface area (Å²) >= 11 is 0. The molecule has 1 N–H and O–H groups in total. The van der Waals surface area contributed by atoms with E-state index in [2.05, 4.69) is 4.98 Å². The molecule has 0 saturated carbocycles. The van der Waals surface area contributed by atoms with Gasteiger partial charge in [0.15, 0.2) is 11.9 Å². The molecular weight excluding hydrogens is 394 g/mol. The molecule has 166 valence electrons. The van der Waals surface area contributed by atoms with Crippen LogP contribution in [0.4, 0.5) is 0 Å². The molecule has 1 saturated heterocycles. The van der Waals surface area contributed by atoms with Gasteiger partial charge in [-0.3, -0.25) is 9.78 Å². The summed E-state index contributed by atoms with van der Waals surface area (Å²) in [6.07, 6.45) is 8.11. The van der Waals surface area contributed by atoms with E-state index in [4.69, 9.17) is 19.3 Å². The summed E-state index contributed by atoms with van der Waals surface area (Å²) in [6.45, 7) is 6.47. The van der Waals surface area contributed by atoms with Gasteiger partial charge < -0.3 is 19.3 Å². The lowest BCUT2D eigenvalue weighted by atomic mass is 9.92. The van der Waals surface area contributed by atoms with E-state index in [0.29, 0.717) is 13.0 Å². The third-order valence-corrected chi connectivity index (χ3v) is 5.27. The molecule has 1 aliphatic heterocycles. The van der Waals surface area contributed by atoms with Gasteiger partial charge in [0.25, 0.3) is 0 Å². The molecule has 6 heteroatoms. The largest absolute Gasteiger partial charge is 0.483 e. The Morgan fingerprint density at radius 3 is 2.71 bits per heavy atom. The molecule has 3 atom stereocenters. The highest BCUT2D eigenvalue weighted by molar-refractivity contribution is 5.66. The monoisotopic (exact) mass is 425 g/mol. The highest BCUT2D eigenvalue weighted by atomic mass is 16.7. The molecule has 0 radical (unpaired) electrons. The first-order valence-electron chi connectivity index (χ1n) is 10.6. The standard InChI is InChI=1S/C25H31NO5/c1-18-11-13-21(14-12-18)31-25(2,3)24-29-17-20(8-5-4-6-10-22(27)28)23(30-24)19-9-7-15-26-16-19/h4-5,7,9,11-16,20,23-24H,6,8,10,17H2,1-3H3,(H,27,28)/b5-4-. The van der Waals surface area contributed by atoms with Gasteiger partial charge in [-0.15, -0.1) is 0 Å². The smallest absolute Gasteiger partial charge is 0.303 e. The van der Waals surface area contributed by atoms with Gasteiger partial charge in [0, 0.05) is 24.7 Å². The maximum atomic E-state index is 10.7. The number of hydrogen-bond donors (Lipinski definition) is 1. The van der Waals surface area contributed by atoms with Crippen LogP contribution in [0, 0.1) is 12.8 Å². The summed E-state index contributed by atoms with van der Waals surface area (Å²) in [6, 6.07) is 11.8. The van der Waals surface area contributed by atoms with E-state index < -0.39 is 17.9 Å². The van der Waals surface area contributed by atoms with E-state index >= 15 is 0 Å². The van der Waals surface area contributed by atoms with Crippen molar-refractivity contribution in [2.45, 2.75) is 58.0 Å². The Labute approximate surface area is 183 Å². The van der Waals surface area contributed by atoms with Crippen LogP contribution in [0.2, 0.25) is 0 Å². The zero-order chi connectivity index (χ0) is 22.3. The SMILES string of the molecule is Cc1ccc(OC(C)(C)C2OCC(C/C=C\CCC(=O)O)C(c3cccnc3)O2)cc1. The van der Waals surface area contributed by atoms with Crippen LogP contribution in [0.25, 0.3) is 0 Å². The van der Waals surface area contributed by atoms with Crippen LogP contribution in [0.5, 0.6) is 5.75 Å². The Hall–Kier alpha value is -2.70. The summed E-state index contributed by atoms with van der Waals surface area (Å²) < 4.78 is 18.7. The molecule has 6 nitrogen and oxygen atoms in total. The fraction of sp³-hybridized carbons (Fsp3) is 0.440. The van der Waals surface area contributed by atoms with Gasteiger partial charge in [0.2, 0.25) is 0 Å². The number of hydrogen-bond acceptors (Lipinski definition) is 5. The summed E-state index contributed by atoms with van der Waals surface area (Å²) in [5.41, 5.74) is 1.47. The number of pyridine rings is 1. The minimum atomic E-state index is -0.791. The van der Waals surface area contributed by atoms with E-state index in [9.17, 15) is 4.79 Å². The normalized spacial score (nSPS) is 21.8. The van der Waals surface area contributed by atoms with E-state index in [1.807, 2.05) is 75.5 Å². The number of aliphatic carboxylic acids is 1. The van der Waals surface area contributed by atoms with E-state index in [-0.39, 0.29) is 18.4 Å². The molecular formula is C25H31NO5. The Bertz CT molecular complexity index is 863. The number of carboxylic acids is 1. The van der Waals surface area contributed by atoms with Crippen molar-refractivity contribution in [1.29, 1.82) is 0 Å². The fourth-order valence-corrected chi connectivity index (χ4v) is 3.59. The molecule has 31 heavy (non-hydrogen) atoms. The van der Waals surface area contributed by atoms with Gasteiger partial charge in [-0.25, -0.2) is 0 Å². The quantitative estimate of drug-likeness (QED) is 0.564. The first-order chi connectivity index (χ1) is 14.8. The van der Waals surface area contributed by atoms with Gasteiger partial charge in [-0.05, 0) is 57.4 Å². The second-order valence-corrected chi connectivity index (χ2v) is 8.43. The molecule has 0 bridgehead atoms. The summed E-state index contributed by atoms with van der Waals surface area (Å²) in [4.78, 5) is 14.9. The van der Waals surface area contributed by atoms with Gasteiger partial charge in [0.05, 0.1) is 12.7 Å². The number of allylic oxidation sites excluding steroid dienone is 2. The summed E-state index contributed by atoms with van der Waals surface area (Å²) in [5.74, 6) is 0.0711. The van der Waals surface area contributed by atoms with Gasteiger partial charge in [-0.1, -0.05) is 35.9 Å². The van der Waals surface area contributed by atoms with Crippen LogP contribution in [0.1, 0.15) is 50.3 Å². The predicted octanol–water partition coefficient (Wildman–Crippen LogP) is 5.09. The molecule has 2 heterocycles. The van der Waals surface area contributed by atoms with Crippen LogP contribution in [0.3, 0.4) is 0 Å². The highest BCUT2D eigenvalue weighted by Crippen LogP contribution is 2.38. The summed E-state index contributed by atoms with van der Waals surface area (Å²) in [7, 11) is 0. The first kappa shape index (κ1) is 23.0. The van der Waals surface area contributed by atoms with Crippen LogP contribution in [0.15, 0.2) is 60.9 Å². The Morgan fingerprint density at radius 2 is 2.03 bits per heavy atom. The zero-order valence-corrected chi connectivity index (χ0v) is 18.4. The third kappa shape index (κ3) is 6.64.